The summed E-state index contributed by atoms with van der Waals surface area (Å²) >= 11 is 5.32. The van der Waals surface area contributed by atoms with E-state index in [1.807, 2.05) is 12.1 Å². The number of benzene rings is 1. The molecule has 2 aromatic rings. The van der Waals surface area contributed by atoms with E-state index in [0.29, 0.717) is 10.5 Å². The summed E-state index contributed by atoms with van der Waals surface area (Å²) in [6.07, 6.45) is 4.75. The number of aromatic amines is 1. The average molecular weight is 389 g/mol. The third-order valence-corrected chi connectivity index (χ3v) is 4.81. The summed E-state index contributed by atoms with van der Waals surface area (Å²) in [6.45, 7) is 14.8. The molecule has 27 heavy (non-hydrogen) atoms. The van der Waals surface area contributed by atoms with Crippen molar-refractivity contribution in [3.8, 4) is 5.75 Å². The highest BCUT2D eigenvalue weighted by Gasteiger charge is 2.26. The van der Waals surface area contributed by atoms with Gasteiger partial charge in [-0.05, 0) is 47.2 Å². The Balaban J connectivity index is 2.53. The van der Waals surface area contributed by atoms with E-state index >= 15 is 0 Å². The van der Waals surface area contributed by atoms with Gasteiger partial charge in [-0.15, -0.1) is 0 Å². The third-order valence-electron chi connectivity index (χ3n) is 4.54. The Hall–Kier alpha value is -1.95. The fourth-order valence-corrected chi connectivity index (χ4v) is 3.14. The lowest BCUT2D eigenvalue weighted by molar-refractivity contribution is 0.423. The topological polar surface area (TPSA) is 66.2 Å². The fourth-order valence-electron chi connectivity index (χ4n) is 2.94. The lowest BCUT2D eigenvalue weighted by Gasteiger charge is -2.27. The zero-order valence-electron chi connectivity index (χ0n) is 17.6. The summed E-state index contributed by atoms with van der Waals surface area (Å²) in [5, 5.41) is 22.5. The standard InChI is InChI=1S/C21H32N4OS/c1-8-9-10-17-23-24-19(27)25(17)22-13-14-11-15(20(2,3)4)18(26)16(12-14)21(5,6)7/h11-13,26H,8-10H2,1-7H3,(H,24,27)/b22-13-. The SMILES string of the molecule is CCCCc1n[nH]c(=S)n1/N=C\c1cc(C(C)(C)C)c(O)c(C(C)(C)C)c1. The van der Waals surface area contributed by atoms with Gasteiger partial charge in [-0.25, -0.2) is 0 Å². The van der Waals surface area contributed by atoms with E-state index in [1.54, 1.807) is 10.9 Å². The van der Waals surface area contributed by atoms with Crippen molar-refractivity contribution in [3.05, 3.63) is 39.4 Å². The van der Waals surface area contributed by atoms with Crippen LogP contribution in [0.5, 0.6) is 5.75 Å². The van der Waals surface area contributed by atoms with Crippen LogP contribution in [0.4, 0.5) is 0 Å². The minimum atomic E-state index is -0.174. The van der Waals surface area contributed by atoms with Crippen molar-refractivity contribution >= 4 is 18.4 Å². The van der Waals surface area contributed by atoms with Crippen molar-refractivity contribution in [2.45, 2.75) is 78.6 Å². The van der Waals surface area contributed by atoms with E-state index in [0.717, 1.165) is 41.8 Å². The molecule has 0 bridgehead atoms. The number of nitrogens with one attached hydrogen (secondary N) is 1. The number of phenolic OH excluding ortho intramolecular Hbond substituents is 1. The van der Waals surface area contributed by atoms with Gasteiger partial charge in [0.05, 0.1) is 6.21 Å². The molecule has 0 saturated carbocycles. The minimum absolute atomic E-state index is 0.174. The molecule has 1 heterocycles. The van der Waals surface area contributed by atoms with E-state index in [-0.39, 0.29) is 10.8 Å². The number of aromatic nitrogens is 3. The van der Waals surface area contributed by atoms with E-state index < -0.39 is 0 Å². The van der Waals surface area contributed by atoms with Crippen molar-refractivity contribution in [3.63, 3.8) is 0 Å². The van der Waals surface area contributed by atoms with Crippen molar-refractivity contribution in [2.75, 3.05) is 0 Å². The van der Waals surface area contributed by atoms with Crippen LogP contribution < -0.4 is 0 Å². The van der Waals surface area contributed by atoms with E-state index in [4.69, 9.17) is 12.2 Å². The number of nitrogens with zero attached hydrogens (tertiary/aromatic N) is 3. The highest BCUT2D eigenvalue weighted by atomic mass is 32.1. The molecular formula is C21H32N4OS. The van der Waals surface area contributed by atoms with Gasteiger partial charge in [0.15, 0.2) is 5.82 Å². The lowest BCUT2D eigenvalue weighted by Crippen LogP contribution is -2.18. The van der Waals surface area contributed by atoms with Gasteiger partial charge in [0, 0.05) is 17.5 Å². The molecule has 6 heteroatoms. The summed E-state index contributed by atoms with van der Waals surface area (Å²) in [5.74, 6) is 1.21. The van der Waals surface area contributed by atoms with Crippen LogP contribution in [0.25, 0.3) is 0 Å². The number of unbranched alkanes of at least 4 members (excludes halogenated alkanes) is 1. The normalized spacial score (nSPS) is 12.9. The van der Waals surface area contributed by atoms with Crippen molar-refractivity contribution < 1.29 is 5.11 Å². The lowest BCUT2D eigenvalue weighted by atomic mass is 9.78. The molecule has 2 N–H and O–H groups in total. The van der Waals surface area contributed by atoms with Crippen LogP contribution in [0.2, 0.25) is 0 Å². The number of phenols is 1. The zero-order valence-corrected chi connectivity index (χ0v) is 18.4. The number of hydrogen-bond acceptors (Lipinski definition) is 4. The minimum Gasteiger partial charge on any atom is -0.507 e. The third kappa shape index (κ3) is 5.06. The molecule has 0 aliphatic carbocycles. The first-order chi connectivity index (χ1) is 12.4. The summed E-state index contributed by atoms with van der Waals surface area (Å²) in [5.41, 5.74) is 2.42. The predicted octanol–water partition coefficient (Wildman–Crippen LogP) is 5.47. The Morgan fingerprint density at radius 3 is 2.19 bits per heavy atom. The van der Waals surface area contributed by atoms with Gasteiger partial charge >= 0.3 is 0 Å². The van der Waals surface area contributed by atoms with Crippen molar-refractivity contribution in [2.24, 2.45) is 5.10 Å². The molecule has 148 valence electrons. The smallest absolute Gasteiger partial charge is 0.216 e. The van der Waals surface area contributed by atoms with Gasteiger partial charge in [0.2, 0.25) is 4.77 Å². The molecule has 0 atom stereocenters. The maximum absolute atomic E-state index is 10.8. The Labute approximate surface area is 167 Å². The Kier molecular flexibility index (Phi) is 6.30. The Bertz CT molecular complexity index is 844. The maximum atomic E-state index is 10.8. The zero-order chi connectivity index (χ0) is 20.4. The highest BCUT2D eigenvalue weighted by molar-refractivity contribution is 7.71. The van der Waals surface area contributed by atoms with Crippen LogP contribution in [0, 0.1) is 4.77 Å². The van der Waals surface area contributed by atoms with Gasteiger partial charge in [-0.3, -0.25) is 5.10 Å². The number of H-pyrrole nitrogens is 1. The van der Waals surface area contributed by atoms with Gasteiger partial charge in [0.1, 0.15) is 5.75 Å². The maximum Gasteiger partial charge on any atom is 0.216 e. The second kappa shape index (κ2) is 7.97. The molecule has 0 fully saturated rings. The Morgan fingerprint density at radius 2 is 1.70 bits per heavy atom. The largest absolute Gasteiger partial charge is 0.507 e. The van der Waals surface area contributed by atoms with Crippen LogP contribution in [-0.2, 0) is 17.3 Å². The Morgan fingerprint density at radius 1 is 1.15 bits per heavy atom. The van der Waals surface area contributed by atoms with Gasteiger partial charge in [-0.1, -0.05) is 54.9 Å². The van der Waals surface area contributed by atoms with Crippen molar-refractivity contribution in [1.82, 2.24) is 14.9 Å². The van der Waals surface area contributed by atoms with Gasteiger partial charge < -0.3 is 5.11 Å². The second-order valence-electron chi connectivity index (χ2n) is 9.07. The molecule has 1 aromatic carbocycles. The molecule has 0 radical (unpaired) electrons. The summed E-state index contributed by atoms with van der Waals surface area (Å²) in [4.78, 5) is 0. The summed E-state index contributed by atoms with van der Waals surface area (Å²) in [6, 6.07) is 4.01. The first-order valence-electron chi connectivity index (χ1n) is 9.53. The molecule has 0 spiro atoms. The van der Waals surface area contributed by atoms with Crippen LogP contribution in [0.1, 0.15) is 83.8 Å². The molecule has 0 aliphatic rings. The fraction of sp³-hybridized carbons (Fsp3) is 0.571. The quantitative estimate of drug-likeness (QED) is 0.527. The van der Waals surface area contributed by atoms with Crippen LogP contribution in [-0.4, -0.2) is 26.2 Å². The van der Waals surface area contributed by atoms with E-state index in [9.17, 15) is 5.11 Å². The van der Waals surface area contributed by atoms with Crippen LogP contribution >= 0.6 is 12.2 Å². The number of hydrogen-bond donors (Lipinski definition) is 2. The average Bonchev–Trinajstić information content (AvgIpc) is 2.89. The molecule has 0 saturated heterocycles. The van der Waals surface area contributed by atoms with Gasteiger partial charge in [-0.2, -0.15) is 14.9 Å². The first-order valence-corrected chi connectivity index (χ1v) is 9.94. The molecule has 0 amide bonds. The molecule has 2 rings (SSSR count). The highest BCUT2D eigenvalue weighted by Crippen LogP contribution is 2.39. The monoisotopic (exact) mass is 388 g/mol. The molecule has 1 aromatic heterocycles. The molecular weight excluding hydrogens is 356 g/mol. The van der Waals surface area contributed by atoms with E-state index in [2.05, 4.69) is 63.8 Å². The van der Waals surface area contributed by atoms with Crippen LogP contribution in [0.15, 0.2) is 17.2 Å². The van der Waals surface area contributed by atoms with Crippen LogP contribution in [0.3, 0.4) is 0 Å². The number of rotatable bonds is 5. The molecule has 0 unspecified atom stereocenters. The number of aromatic hydroxyl groups is 1. The predicted molar refractivity (Wildman–Crippen MR) is 115 cm³/mol. The second-order valence-corrected chi connectivity index (χ2v) is 9.46. The molecule has 5 nitrogen and oxygen atoms in total. The van der Waals surface area contributed by atoms with E-state index in [1.165, 1.54) is 0 Å². The summed E-state index contributed by atoms with van der Waals surface area (Å²) < 4.78 is 2.17. The van der Waals surface area contributed by atoms with Crippen molar-refractivity contribution in [1.29, 1.82) is 0 Å². The summed E-state index contributed by atoms with van der Waals surface area (Å²) in [7, 11) is 0. The molecule has 0 aliphatic heterocycles. The number of aryl methyl sites for hydroxylation is 1. The first kappa shape index (κ1) is 21.4. The van der Waals surface area contributed by atoms with Gasteiger partial charge in [0.25, 0.3) is 0 Å².